The van der Waals surface area contributed by atoms with E-state index in [0.717, 1.165) is 29.8 Å². The van der Waals surface area contributed by atoms with Gasteiger partial charge in [0.1, 0.15) is 0 Å². The van der Waals surface area contributed by atoms with Gasteiger partial charge in [0.15, 0.2) is 0 Å². The Kier molecular flexibility index (Phi) is 10.6. The molecule has 39 heavy (non-hydrogen) atoms. The lowest BCUT2D eigenvalue weighted by atomic mass is 9.90. The third-order valence-electron chi connectivity index (χ3n) is 7.17. The SMILES string of the molecule is N#C[C@H]1C=CC=C(c2ccc(CCN(CC(=O)Nc3cc(Cl)cc(Cl)c3)C(=O)CCN3CCCCC3)cc2)C1. The summed E-state index contributed by atoms with van der Waals surface area (Å²) in [4.78, 5) is 30.1. The predicted molar refractivity (Wildman–Crippen MR) is 158 cm³/mol. The van der Waals surface area contributed by atoms with Crippen LogP contribution in [0.4, 0.5) is 5.69 Å². The highest BCUT2D eigenvalue weighted by Gasteiger charge is 2.20. The molecule has 1 fully saturated rings. The Hall–Kier alpha value is -3.11. The molecule has 1 aliphatic carbocycles. The van der Waals surface area contributed by atoms with Crippen LogP contribution in [0.3, 0.4) is 0 Å². The number of hydrogen-bond acceptors (Lipinski definition) is 4. The number of allylic oxidation sites excluding steroid dienone is 4. The molecule has 0 saturated carbocycles. The molecular weight excluding hydrogens is 531 g/mol. The van der Waals surface area contributed by atoms with Crippen molar-refractivity contribution >= 4 is 46.3 Å². The van der Waals surface area contributed by atoms with Crippen molar-refractivity contribution in [2.24, 2.45) is 5.92 Å². The second kappa shape index (κ2) is 14.3. The zero-order chi connectivity index (χ0) is 27.6. The largest absolute Gasteiger partial charge is 0.333 e. The molecule has 2 aromatic rings. The van der Waals surface area contributed by atoms with Crippen LogP contribution in [0, 0.1) is 17.2 Å². The predicted octanol–water partition coefficient (Wildman–Crippen LogP) is 6.36. The molecule has 0 spiro atoms. The highest BCUT2D eigenvalue weighted by atomic mass is 35.5. The summed E-state index contributed by atoms with van der Waals surface area (Å²) in [6.07, 6.45) is 11.2. The van der Waals surface area contributed by atoms with Crippen molar-refractivity contribution in [2.45, 2.75) is 38.5 Å². The van der Waals surface area contributed by atoms with Gasteiger partial charge >= 0.3 is 0 Å². The van der Waals surface area contributed by atoms with E-state index >= 15 is 0 Å². The van der Waals surface area contributed by atoms with Gasteiger partial charge in [0, 0.05) is 35.2 Å². The summed E-state index contributed by atoms with van der Waals surface area (Å²) in [5, 5.41) is 12.9. The molecule has 0 bridgehead atoms. The quantitative estimate of drug-likeness (QED) is 0.364. The van der Waals surface area contributed by atoms with Crippen molar-refractivity contribution < 1.29 is 9.59 Å². The van der Waals surface area contributed by atoms with Crippen molar-refractivity contribution in [3.8, 4) is 6.07 Å². The number of carbonyl (C=O) groups is 2. The van der Waals surface area contributed by atoms with Crippen LogP contribution in [0.1, 0.15) is 43.2 Å². The normalized spacial score (nSPS) is 17.3. The van der Waals surface area contributed by atoms with E-state index in [0.29, 0.717) is 48.1 Å². The molecule has 2 aliphatic rings. The maximum Gasteiger partial charge on any atom is 0.243 e. The number of likely N-dealkylation sites (tertiary alicyclic amines) is 1. The smallest absolute Gasteiger partial charge is 0.243 e. The highest BCUT2D eigenvalue weighted by molar-refractivity contribution is 6.35. The molecule has 8 heteroatoms. The summed E-state index contributed by atoms with van der Waals surface area (Å²) in [5.74, 6) is -0.416. The van der Waals surface area contributed by atoms with Gasteiger partial charge in [-0.25, -0.2) is 0 Å². The number of rotatable bonds is 10. The Bertz CT molecular complexity index is 1240. The molecule has 1 aliphatic heterocycles. The van der Waals surface area contributed by atoms with E-state index in [4.69, 9.17) is 23.2 Å². The molecular formula is C31H34Cl2N4O2. The van der Waals surface area contributed by atoms with E-state index in [1.54, 1.807) is 23.1 Å². The van der Waals surface area contributed by atoms with E-state index in [1.165, 1.54) is 19.3 Å². The number of nitriles is 1. The van der Waals surface area contributed by atoms with Gasteiger partial charge in [-0.15, -0.1) is 0 Å². The molecule has 4 rings (SSSR count). The number of nitrogens with one attached hydrogen (secondary N) is 1. The molecule has 6 nitrogen and oxygen atoms in total. The molecule has 1 saturated heterocycles. The highest BCUT2D eigenvalue weighted by Crippen LogP contribution is 2.27. The lowest BCUT2D eigenvalue weighted by Gasteiger charge is -2.28. The van der Waals surface area contributed by atoms with E-state index in [2.05, 4.69) is 46.6 Å². The lowest BCUT2D eigenvalue weighted by Crippen LogP contribution is -2.41. The average Bonchev–Trinajstić information content (AvgIpc) is 2.94. The monoisotopic (exact) mass is 564 g/mol. The van der Waals surface area contributed by atoms with Crippen molar-refractivity contribution in [3.05, 3.63) is 81.9 Å². The Labute approximate surface area is 240 Å². The van der Waals surface area contributed by atoms with Crippen LogP contribution in [-0.4, -0.2) is 54.3 Å². The summed E-state index contributed by atoms with van der Waals surface area (Å²) < 4.78 is 0. The van der Waals surface area contributed by atoms with E-state index in [1.807, 2.05) is 12.2 Å². The molecule has 2 amide bonds. The Balaban J connectivity index is 1.38. The van der Waals surface area contributed by atoms with E-state index < -0.39 is 0 Å². The van der Waals surface area contributed by atoms with E-state index in [-0.39, 0.29) is 24.3 Å². The molecule has 204 valence electrons. The fourth-order valence-electron chi connectivity index (χ4n) is 5.02. The molecule has 1 N–H and O–H groups in total. The number of anilines is 1. The zero-order valence-corrected chi connectivity index (χ0v) is 23.6. The standard InChI is InChI=1S/C31H34Cl2N4O2/c32-27-18-28(33)20-29(19-27)35-30(38)22-37(31(39)12-15-36-13-2-1-3-14-36)16-11-23-7-9-25(10-8-23)26-6-4-5-24(17-26)21-34/h4-10,18-20,24H,1-3,11-17,22H2,(H,35,38)/t24-/m0/s1. The number of hydrogen-bond donors (Lipinski definition) is 1. The number of piperidine rings is 1. The molecule has 1 heterocycles. The lowest BCUT2D eigenvalue weighted by molar-refractivity contribution is -0.135. The van der Waals surface area contributed by atoms with Crippen LogP contribution in [0.5, 0.6) is 0 Å². The summed E-state index contributed by atoms with van der Waals surface area (Å²) in [5.41, 5.74) is 3.82. The number of amides is 2. The van der Waals surface area contributed by atoms with Crippen LogP contribution in [0.2, 0.25) is 10.0 Å². The number of carbonyl (C=O) groups excluding carboxylic acids is 2. The summed E-state index contributed by atoms with van der Waals surface area (Å²) in [7, 11) is 0. The molecule has 0 unspecified atom stereocenters. The number of benzene rings is 2. The third-order valence-corrected chi connectivity index (χ3v) is 7.60. The second-order valence-corrected chi connectivity index (χ2v) is 11.0. The first-order valence-electron chi connectivity index (χ1n) is 13.5. The number of halogens is 2. The third kappa shape index (κ3) is 8.96. The first-order valence-corrected chi connectivity index (χ1v) is 14.3. The minimum absolute atomic E-state index is 0.0295. The maximum atomic E-state index is 13.3. The minimum atomic E-state index is -0.292. The minimum Gasteiger partial charge on any atom is -0.333 e. The summed E-state index contributed by atoms with van der Waals surface area (Å²) in [6.45, 7) is 3.15. The molecule has 0 radical (unpaired) electrons. The van der Waals surface area contributed by atoms with Crippen LogP contribution in [0.15, 0.2) is 60.7 Å². The maximum absolute atomic E-state index is 13.3. The van der Waals surface area contributed by atoms with Gasteiger partial charge in [-0.2, -0.15) is 5.26 Å². The van der Waals surface area contributed by atoms with Crippen molar-refractivity contribution in [3.63, 3.8) is 0 Å². The fourth-order valence-corrected chi connectivity index (χ4v) is 5.54. The van der Waals surface area contributed by atoms with Gasteiger partial charge in [0.2, 0.25) is 11.8 Å². The molecule has 0 aromatic heterocycles. The first-order chi connectivity index (χ1) is 18.9. The molecule has 2 aromatic carbocycles. The van der Waals surface area contributed by atoms with Crippen LogP contribution >= 0.6 is 23.2 Å². The van der Waals surface area contributed by atoms with Gasteiger partial charge < -0.3 is 15.1 Å². The topological polar surface area (TPSA) is 76.4 Å². The summed E-state index contributed by atoms with van der Waals surface area (Å²) >= 11 is 12.1. The zero-order valence-electron chi connectivity index (χ0n) is 22.0. The van der Waals surface area contributed by atoms with Crippen molar-refractivity contribution in [1.29, 1.82) is 5.26 Å². The Morgan fingerprint density at radius 3 is 2.46 bits per heavy atom. The fraction of sp³-hybridized carbons (Fsp3) is 0.387. The van der Waals surface area contributed by atoms with E-state index in [9.17, 15) is 14.9 Å². The van der Waals surface area contributed by atoms with Crippen LogP contribution in [-0.2, 0) is 16.0 Å². The Morgan fingerprint density at radius 2 is 1.77 bits per heavy atom. The van der Waals surface area contributed by atoms with Gasteiger partial charge in [-0.05, 0) is 73.7 Å². The van der Waals surface area contributed by atoms with Crippen molar-refractivity contribution in [1.82, 2.24) is 9.80 Å². The average molecular weight is 566 g/mol. The van der Waals surface area contributed by atoms with Gasteiger partial charge in [0.05, 0.1) is 18.5 Å². The van der Waals surface area contributed by atoms with Gasteiger partial charge in [-0.1, -0.05) is 72.1 Å². The second-order valence-electron chi connectivity index (χ2n) is 10.1. The summed E-state index contributed by atoms with van der Waals surface area (Å²) in [6, 6.07) is 15.4. The van der Waals surface area contributed by atoms with Crippen LogP contribution < -0.4 is 5.32 Å². The van der Waals surface area contributed by atoms with Crippen molar-refractivity contribution in [2.75, 3.05) is 38.0 Å². The first kappa shape index (κ1) is 28.9. The number of nitrogens with zero attached hydrogens (tertiary/aromatic N) is 3. The Morgan fingerprint density at radius 1 is 1.05 bits per heavy atom. The van der Waals surface area contributed by atoms with Crippen LogP contribution in [0.25, 0.3) is 5.57 Å². The van der Waals surface area contributed by atoms with Gasteiger partial charge in [-0.3, -0.25) is 9.59 Å². The van der Waals surface area contributed by atoms with Gasteiger partial charge in [0.25, 0.3) is 0 Å². The molecule has 1 atom stereocenters.